The number of nitrogens with zero attached hydrogens (tertiary/aromatic N) is 2. The lowest BCUT2D eigenvalue weighted by molar-refractivity contribution is 0.401. The normalized spacial score (nSPS) is 25.8. The van der Waals surface area contributed by atoms with Crippen molar-refractivity contribution in [3.8, 4) is 5.75 Å². The van der Waals surface area contributed by atoms with Crippen LogP contribution in [0.5, 0.6) is 5.75 Å². The highest BCUT2D eigenvalue weighted by atomic mass is 35.5. The Morgan fingerprint density at radius 2 is 2.40 bits per heavy atom. The minimum atomic E-state index is 0.237. The molecule has 0 aromatic carbocycles. The van der Waals surface area contributed by atoms with Gasteiger partial charge in [-0.05, 0) is 19.8 Å². The first-order valence-electron chi connectivity index (χ1n) is 5.51. The number of ether oxygens (including phenoxy) is 1. The molecule has 4 heteroatoms. The number of hydrogen-bond acceptors (Lipinski definition) is 2. The molecule has 2 atom stereocenters. The number of alkyl halides is 1. The van der Waals surface area contributed by atoms with Gasteiger partial charge in [0.25, 0.3) is 0 Å². The third-order valence-electron chi connectivity index (χ3n) is 3.15. The van der Waals surface area contributed by atoms with E-state index in [2.05, 4.69) is 12.0 Å². The van der Waals surface area contributed by atoms with E-state index in [9.17, 15) is 0 Å². The first-order valence-corrected chi connectivity index (χ1v) is 5.95. The Balaban J connectivity index is 2.35. The largest absolute Gasteiger partial charge is 0.493 e. The summed E-state index contributed by atoms with van der Waals surface area (Å²) in [5.74, 6) is 1.29. The third kappa shape index (κ3) is 1.85. The number of rotatable bonds is 3. The Labute approximate surface area is 95.4 Å². The van der Waals surface area contributed by atoms with Gasteiger partial charge in [-0.15, -0.1) is 11.6 Å². The topological polar surface area (TPSA) is 27.1 Å². The van der Waals surface area contributed by atoms with Crippen LogP contribution in [0.1, 0.15) is 37.8 Å². The second-order valence-electron chi connectivity index (χ2n) is 3.97. The molecule has 2 rings (SSSR count). The van der Waals surface area contributed by atoms with E-state index < -0.39 is 0 Å². The predicted molar refractivity (Wildman–Crippen MR) is 60.7 cm³/mol. The van der Waals surface area contributed by atoms with Crippen molar-refractivity contribution in [3.05, 3.63) is 11.9 Å². The summed E-state index contributed by atoms with van der Waals surface area (Å²) in [6, 6.07) is 0. The molecule has 0 amide bonds. The lowest BCUT2D eigenvalue weighted by Gasteiger charge is -2.16. The van der Waals surface area contributed by atoms with Crippen LogP contribution in [-0.4, -0.2) is 22.3 Å². The molecule has 0 saturated heterocycles. The molecule has 1 aromatic rings. The molecule has 0 spiro atoms. The van der Waals surface area contributed by atoms with Gasteiger partial charge in [-0.1, -0.05) is 6.42 Å². The Hall–Kier alpha value is -0.700. The molecule has 1 aromatic heterocycles. The number of halogens is 1. The van der Waals surface area contributed by atoms with E-state index in [4.69, 9.17) is 16.3 Å². The SMILES string of the molecule is CCn1ncc(OC)c1C1CCCC1Cl. The molecule has 1 fully saturated rings. The Kier molecular flexibility index (Phi) is 3.19. The molecule has 1 aliphatic rings. The van der Waals surface area contributed by atoms with Gasteiger partial charge in [0.1, 0.15) is 0 Å². The van der Waals surface area contributed by atoms with E-state index in [1.807, 2.05) is 4.68 Å². The maximum Gasteiger partial charge on any atom is 0.160 e. The lowest BCUT2D eigenvalue weighted by Crippen LogP contribution is -2.13. The summed E-state index contributed by atoms with van der Waals surface area (Å²) in [7, 11) is 1.69. The zero-order valence-electron chi connectivity index (χ0n) is 9.24. The molecule has 84 valence electrons. The van der Waals surface area contributed by atoms with Crippen molar-refractivity contribution in [1.82, 2.24) is 9.78 Å². The van der Waals surface area contributed by atoms with Crippen LogP contribution >= 0.6 is 11.6 Å². The molecule has 1 aliphatic carbocycles. The van der Waals surface area contributed by atoms with Gasteiger partial charge in [-0.2, -0.15) is 5.10 Å². The van der Waals surface area contributed by atoms with Crippen molar-refractivity contribution in [1.29, 1.82) is 0 Å². The highest BCUT2D eigenvalue weighted by molar-refractivity contribution is 6.21. The fourth-order valence-electron chi connectivity index (χ4n) is 2.38. The third-order valence-corrected chi connectivity index (χ3v) is 3.67. The van der Waals surface area contributed by atoms with Gasteiger partial charge in [0.05, 0.1) is 19.0 Å². The van der Waals surface area contributed by atoms with Crippen LogP contribution in [0.4, 0.5) is 0 Å². The standard InChI is InChI=1S/C11H17ClN2O/c1-3-14-11(10(15-2)7-13-14)8-5-4-6-9(8)12/h7-9H,3-6H2,1-2H3. The van der Waals surface area contributed by atoms with Crippen LogP contribution in [0.2, 0.25) is 0 Å². The van der Waals surface area contributed by atoms with Crippen molar-refractivity contribution in [2.75, 3.05) is 7.11 Å². The van der Waals surface area contributed by atoms with Crippen LogP contribution in [0.25, 0.3) is 0 Å². The molecule has 15 heavy (non-hydrogen) atoms. The highest BCUT2D eigenvalue weighted by Crippen LogP contribution is 2.41. The molecular formula is C11H17ClN2O. The lowest BCUT2D eigenvalue weighted by atomic mass is 10.0. The molecule has 0 radical (unpaired) electrons. The maximum absolute atomic E-state index is 6.33. The minimum Gasteiger partial charge on any atom is -0.493 e. The molecule has 0 N–H and O–H groups in total. The van der Waals surface area contributed by atoms with Crippen LogP contribution in [0, 0.1) is 0 Å². The smallest absolute Gasteiger partial charge is 0.160 e. The van der Waals surface area contributed by atoms with E-state index in [0.29, 0.717) is 5.92 Å². The van der Waals surface area contributed by atoms with Crippen LogP contribution in [0.15, 0.2) is 6.20 Å². The Bertz CT molecular complexity index is 316. The number of aromatic nitrogens is 2. The molecule has 3 nitrogen and oxygen atoms in total. The molecule has 1 heterocycles. The maximum atomic E-state index is 6.33. The van der Waals surface area contributed by atoms with Gasteiger partial charge in [0.2, 0.25) is 0 Å². The van der Waals surface area contributed by atoms with Crippen LogP contribution in [-0.2, 0) is 6.54 Å². The first-order chi connectivity index (χ1) is 7.27. The molecule has 1 saturated carbocycles. The number of hydrogen-bond donors (Lipinski definition) is 0. The van der Waals surface area contributed by atoms with E-state index >= 15 is 0 Å². The van der Waals surface area contributed by atoms with Crippen molar-refractivity contribution in [3.63, 3.8) is 0 Å². The molecular weight excluding hydrogens is 212 g/mol. The number of methoxy groups -OCH3 is 1. The van der Waals surface area contributed by atoms with E-state index in [-0.39, 0.29) is 5.38 Å². The van der Waals surface area contributed by atoms with Crippen molar-refractivity contribution < 1.29 is 4.74 Å². The zero-order valence-corrected chi connectivity index (χ0v) is 10.00. The minimum absolute atomic E-state index is 0.237. The van der Waals surface area contributed by atoms with Crippen LogP contribution < -0.4 is 4.74 Å². The summed E-state index contributed by atoms with van der Waals surface area (Å²) >= 11 is 6.33. The Morgan fingerprint density at radius 3 is 2.93 bits per heavy atom. The molecule has 2 unspecified atom stereocenters. The summed E-state index contributed by atoms with van der Waals surface area (Å²) in [4.78, 5) is 0. The van der Waals surface area contributed by atoms with Gasteiger partial charge in [0.15, 0.2) is 5.75 Å². The first kappa shape index (κ1) is 10.8. The van der Waals surface area contributed by atoms with Crippen molar-refractivity contribution in [2.45, 2.75) is 44.0 Å². The molecule has 0 bridgehead atoms. The summed E-state index contributed by atoms with van der Waals surface area (Å²) in [5.41, 5.74) is 1.18. The van der Waals surface area contributed by atoms with Gasteiger partial charge < -0.3 is 4.74 Å². The fraction of sp³-hybridized carbons (Fsp3) is 0.727. The zero-order chi connectivity index (χ0) is 10.8. The number of aryl methyl sites for hydroxylation is 1. The quantitative estimate of drug-likeness (QED) is 0.744. The summed E-state index contributed by atoms with van der Waals surface area (Å²) in [6.07, 6.45) is 5.25. The second kappa shape index (κ2) is 4.44. The average molecular weight is 229 g/mol. The van der Waals surface area contributed by atoms with Gasteiger partial charge in [-0.25, -0.2) is 0 Å². The summed E-state index contributed by atoms with van der Waals surface area (Å²) in [6.45, 7) is 2.97. The average Bonchev–Trinajstić information content (AvgIpc) is 2.82. The van der Waals surface area contributed by atoms with E-state index in [1.54, 1.807) is 13.3 Å². The summed E-state index contributed by atoms with van der Waals surface area (Å²) in [5, 5.41) is 4.55. The molecule has 0 aliphatic heterocycles. The van der Waals surface area contributed by atoms with E-state index in [0.717, 1.165) is 25.1 Å². The monoisotopic (exact) mass is 228 g/mol. The van der Waals surface area contributed by atoms with Crippen LogP contribution in [0.3, 0.4) is 0 Å². The predicted octanol–water partition coefficient (Wildman–Crippen LogP) is 2.79. The fourth-order valence-corrected chi connectivity index (χ4v) is 2.78. The highest BCUT2D eigenvalue weighted by Gasteiger charge is 2.31. The van der Waals surface area contributed by atoms with Gasteiger partial charge in [-0.3, -0.25) is 4.68 Å². The van der Waals surface area contributed by atoms with Gasteiger partial charge in [0, 0.05) is 17.8 Å². The summed E-state index contributed by atoms with van der Waals surface area (Å²) < 4.78 is 7.35. The van der Waals surface area contributed by atoms with Crippen molar-refractivity contribution >= 4 is 11.6 Å². The van der Waals surface area contributed by atoms with Crippen molar-refractivity contribution in [2.24, 2.45) is 0 Å². The van der Waals surface area contributed by atoms with E-state index in [1.165, 1.54) is 12.1 Å². The van der Waals surface area contributed by atoms with Gasteiger partial charge >= 0.3 is 0 Å². The second-order valence-corrected chi connectivity index (χ2v) is 4.53. The Morgan fingerprint density at radius 1 is 1.60 bits per heavy atom.